The van der Waals surface area contributed by atoms with Gasteiger partial charge in [0, 0.05) is 13.5 Å². The van der Waals surface area contributed by atoms with Gasteiger partial charge in [0.1, 0.15) is 91.5 Å². The highest BCUT2D eigenvalue weighted by atomic mass is 16.8. The van der Waals surface area contributed by atoms with Crippen molar-refractivity contribution in [3.05, 3.63) is 0 Å². The van der Waals surface area contributed by atoms with E-state index in [2.05, 4.69) is 5.32 Å². The van der Waals surface area contributed by atoms with E-state index in [1.165, 1.54) is 6.92 Å². The summed E-state index contributed by atoms with van der Waals surface area (Å²) in [6, 6.07) is -1.47. The van der Waals surface area contributed by atoms with Gasteiger partial charge in [-0.2, -0.15) is 0 Å². The van der Waals surface area contributed by atoms with Gasteiger partial charge in [-0.25, -0.2) is 0 Å². The Morgan fingerprint density at radius 1 is 0.736 bits per heavy atom. The van der Waals surface area contributed by atoms with Gasteiger partial charge in [-0.3, -0.25) is 4.79 Å². The quantitative estimate of drug-likeness (QED) is 0.0403. The summed E-state index contributed by atoms with van der Waals surface area (Å²) in [5.74, 6) is -0.687. The third kappa shape index (κ3) is 11.8. The molecule has 0 saturated carbocycles. The second-order valence-corrected chi connectivity index (χ2v) is 13.1. The Bertz CT molecular complexity index is 1060. The van der Waals surface area contributed by atoms with Crippen LogP contribution in [0.3, 0.4) is 0 Å². The first-order valence-corrected chi connectivity index (χ1v) is 17.4. The molecule has 7 unspecified atom stereocenters. The van der Waals surface area contributed by atoms with Crippen LogP contribution in [0.5, 0.6) is 0 Å². The van der Waals surface area contributed by atoms with Crippen molar-refractivity contribution in [1.29, 1.82) is 0 Å². The molecule has 3 aliphatic rings. The third-order valence-corrected chi connectivity index (χ3v) is 9.00. The summed E-state index contributed by atoms with van der Waals surface area (Å²) in [6.07, 6.45) is -27.3. The molecule has 3 heterocycles. The SMILES string of the molecule is CCCCO[C@@H]1OC(CO)[C@@H](O[C@H](OC(CO)[C@H](O)CO[C@@H]2OC(CO)[C@@H](O[C@@H]3OC(CO)[C@H](O)C(O)[C@@H]3O)C(O)[C@@H]2NC(C)=O)[C@H](C)O)C(O)[C@@H]1O. The van der Waals surface area contributed by atoms with E-state index in [1.54, 1.807) is 0 Å². The second-order valence-electron chi connectivity index (χ2n) is 13.1. The number of aliphatic hydroxyl groups is 12. The van der Waals surface area contributed by atoms with Gasteiger partial charge in [0.25, 0.3) is 0 Å². The molecule has 3 aliphatic heterocycles. The van der Waals surface area contributed by atoms with E-state index in [9.17, 15) is 66.1 Å². The van der Waals surface area contributed by atoms with Crippen LogP contribution in [0, 0.1) is 0 Å². The fourth-order valence-corrected chi connectivity index (χ4v) is 5.95. The Hall–Kier alpha value is -1.33. The van der Waals surface area contributed by atoms with Gasteiger partial charge in [-0.05, 0) is 13.3 Å². The summed E-state index contributed by atoms with van der Waals surface area (Å²) in [5.41, 5.74) is 0. The number of carbonyl (C=O) groups excluding carboxylic acids is 1. The third-order valence-electron chi connectivity index (χ3n) is 9.00. The molecule has 0 radical (unpaired) electrons. The Balaban J connectivity index is 1.69. The van der Waals surface area contributed by atoms with Gasteiger partial charge in [-0.1, -0.05) is 13.3 Å². The first kappa shape index (κ1) is 46.1. The molecule has 22 heteroatoms. The van der Waals surface area contributed by atoms with Crippen molar-refractivity contribution < 1.29 is 104 Å². The van der Waals surface area contributed by atoms with Gasteiger partial charge in [0.05, 0.1) is 33.0 Å². The Morgan fingerprint density at radius 2 is 1.32 bits per heavy atom. The molecule has 53 heavy (non-hydrogen) atoms. The summed E-state index contributed by atoms with van der Waals surface area (Å²) >= 11 is 0. The molecule has 0 aromatic rings. The van der Waals surface area contributed by atoms with Crippen molar-refractivity contribution >= 4 is 5.91 Å². The van der Waals surface area contributed by atoms with E-state index in [1.807, 2.05) is 6.92 Å². The molecule has 0 spiro atoms. The van der Waals surface area contributed by atoms with E-state index in [0.29, 0.717) is 6.42 Å². The van der Waals surface area contributed by atoms with Gasteiger partial charge in [0.15, 0.2) is 25.2 Å². The average molecular weight is 780 g/mol. The van der Waals surface area contributed by atoms with Gasteiger partial charge in [0.2, 0.25) is 5.91 Å². The summed E-state index contributed by atoms with van der Waals surface area (Å²) in [6.45, 7) is 0.532. The zero-order valence-electron chi connectivity index (χ0n) is 29.7. The molecule has 13 N–H and O–H groups in total. The second kappa shape index (κ2) is 21.8. The first-order valence-electron chi connectivity index (χ1n) is 17.4. The lowest BCUT2D eigenvalue weighted by atomic mass is 9.95. The molecule has 0 aromatic heterocycles. The van der Waals surface area contributed by atoms with Crippen LogP contribution in [0.1, 0.15) is 33.6 Å². The molecule has 0 aliphatic carbocycles. The fourth-order valence-electron chi connectivity index (χ4n) is 5.95. The van der Waals surface area contributed by atoms with Crippen LogP contribution >= 0.6 is 0 Å². The molecule has 0 bridgehead atoms. The molecule has 1 amide bonds. The van der Waals surface area contributed by atoms with Crippen molar-refractivity contribution in [1.82, 2.24) is 5.32 Å². The lowest BCUT2D eigenvalue weighted by Gasteiger charge is -2.47. The highest BCUT2D eigenvalue weighted by Gasteiger charge is 2.52. The lowest BCUT2D eigenvalue weighted by Crippen LogP contribution is -2.67. The first-order chi connectivity index (χ1) is 25.1. The van der Waals surface area contributed by atoms with Crippen molar-refractivity contribution in [3.63, 3.8) is 0 Å². The number of aliphatic hydroxyl groups excluding tert-OH is 12. The number of carbonyl (C=O) groups is 1. The molecule has 312 valence electrons. The summed E-state index contributed by atoms with van der Waals surface area (Å²) in [7, 11) is 0. The predicted molar refractivity (Wildman–Crippen MR) is 171 cm³/mol. The molecular formula is C31H57NO21. The molecule has 3 saturated heterocycles. The van der Waals surface area contributed by atoms with Gasteiger partial charge in [-0.15, -0.1) is 0 Å². The van der Waals surface area contributed by atoms with Crippen LogP contribution in [-0.4, -0.2) is 223 Å². The van der Waals surface area contributed by atoms with E-state index in [0.717, 1.165) is 13.3 Å². The van der Waals surface area contributed by atoms with Gasteiger partial charge < -0.3 is 104 Å². The highest BCUT2D eigenvalue weighted by Crippen LogP contribution is 2.31. The zero-order valence-corrected chi connectivity index (χ0v) is 29.7. The molecular weight excluding hydrogens is 722 g/mol. The fraction of sp³-hybridized carbons (Fsp3) is 0.968. The zero-order chi connectivity index (χ0) is 39.6. The monoisotopic (exact) mass is 779 g/mol. The van der Waals surface area contributed by atoms with Gasteiger partial charge >= 0.3 is 0 Å². The maximum absolute atomic E-state index is 12.1. The summed E-state index contributed by atoms with van der Waals surface area (Å²) in [5, 5.41) is 127. The number of nitrogens with one attached hydrogen (secondary N) is 1. The maximum atomic E-state index is 12.1. The minimum Gasteiger partial charge on any atom is -0.394 e. The Morgan fingerprint density at radius 3 is 1.89 bits per heavy atom. The standard InChI is InChI=1S/C31H57NO21/c1-4-5-6-46-30-25(45)23(43)27(18(10-36)51-30)52-28(12(2)37)48-15(7-33)14(39)11-47-29-19(32-13(3)38)21(41)26(17(9-35)50-29)53-31-24(44)22(42)20(40)16(8-34)49-31/h12,14-31,33-37,39-45H,4-11H2,1-3H3,(H,32,38)/t12-,14+,15?,16?,17?,18?,19-,20-,21?,22?,23?,24-,25-,26+,27+,28-,29+,30+,31-/m0/s1. The van der Waals surface area contributed by atoms with Crippen LogP contribution in [0.4, 0.5) is 0 Å². The van der Waals surface area contributed by atoms with E-state index in [4.69, 9.17) is 37.9 Å². The highest BCUT2D eigenvalue weighted by molar-refractivity contribution is 5.73. The topological polar surface area (TPSA) is 346 Å². The van der Waals surface area contributed by atoms with Crippen LogP contribution in [0.15, 0.2) is 0 Å². The smallest absolute Gasteiger partial charge is 0.217 e. The van der Waals surface area contributed by atoms with Crippen molar-refractivity contribution in [3.8, 4) is 0 Å². The number of hydrogen-bond acceptors (Lipinski definition) is 21. The number of amides is 1. The minimum absolute atomic E-state index is 0.208. The molecule has 3 rings (SSSR count). The van der Waals surface area contributed by atoms with Crippen LogP contribution < -0.4 is 5.32 Å². The minimum atomic E-state index is -1.87. The lowest BCUT2D eigenvalue weighted by molar-refractivity contribution is -0.351. The van der Waals surface area contributed by atoms with Crippen molar-refractivity contribution in [2.75, 3.05) is 39.6 Å². The van der Waals surface area contributed by atoms with Crippen LogP contribution in [0.2, 0.25) is 0 Å². The normalized spacial score (nSPS) is 40.3. The van der Waals surface area contributed by atoms with Crippen LogP contribution in [0.25, 0.3) is 0 Å². The number of ether oxygens (including phenoxy) is 8. The van der Waals surface area contributed by atoms with E-state index in [-0.39, 0.29) is 6.61 Å². The molecule has 0 aromatic carbocycles. The summed E-state index contributed by atoms with van der Waals surface area (Å²) < 4.78 is 44.7. The summed E-state index contributed by atoms with van der Waals surface area (Å²) in [4.78, 5) is 12.1. The average Bonchev–Trinajstić information content (AvgIpc) is 3.13. The van der Waals surface area contributed by atoms with Crippen molar-refractivity contribution in [2.45, 2.75) is 150 Å². The maximum Gasteiger partial charge on any atom is 0.217 e. The van der Waals surface area contributed by atoms with E-state index < -0.39 is 156 Å². The predicted octanol–water partition coefficient (Wildman–Crippen LogP) is -7.14. The van der Waals surface area contributed by atoms with Crippen molar-refractivity contribution in [2.24, 2.45) is 0 Å². The Kier molecular flexibility index (Phi) is 19.0. The van der Waals surface area contributed by atoms with E-state index >= 15 is 0 Å². The Labute approximate surface area is 305 Å². The number of rotatable bonds is 20. The number of hydrogen-bond donors (Lipinski definition) is 13. The number of unbranched alkanes of at least 4 members (excludes halogenated alkanes) is 1. The molecule has 22 nitrogen and oxygen atoms in total. The molecule has 19 atom stereocenters. The molecule has 3 fully saturated rings. The van der Waals surface area contributed by atoms with Crippen LogP contribution in [-0.2, 0) is 42.7 Å². The largest absolute Gasteiger partial charge is 0.394 e.